The Morgan fingerprint density at radius 3 is 2.79 bits per heavy atom. The highest BCUT2D eigenvalue weighted by Crippen LogP contribution is 2.25. The normalized spacial score (nSPS) is 20.5. The standard InChI is InChI=1S/C14H20N2O3/c1-9-4-5-16(8-9)14(19)11(15)6-10-2-3-12(17)13(18)7-10/h2-3,7,9,11,17-18H,4-6,8,15H2,1H3/t9?,11-/m0/s1. The van der Waals surface area contributed by atoms with Gasteiger partial charge in [0.1, 0.15) is 0 Å². The number of hydrogen-bond donors (Lipinski definition) is 3. The second-order valence-corrected chi connectivity index (χ2v) is 5.31. The average Bonchev–Trinajstić information content (AvgIpc) is 2.79. The Kier molecular flexibility index (Phi) is 3.95. The maximum absolute atomic E-state index is 12.1. The van der Waals surface area contributed by atoms with Crippen molar-refractivity contribution >= 4 is 5.91 Å². The lowest BCUT2D eigenvalue weighted by atomic mass is 10.0. The molecule has 1 aromatic carbocycles. The summed E-state index contributed by atoms with van der Waals surface area (Å²) in [5.41, 5.74) is 6.67. The molecule has 1 aromatic rings. The molecule has 1 amide bonds. The molecule has 5 heteroatoms. The van der Waals surface area contributed by atoms with Gasteiger partial charge in [0, 0.05) is 13.1 Å². The van der Waals surface area contributed by atoms with Gasteiger partial charge in [-0.15, -0.1) is 0 Å². The molecule has 2 rings (SSSR count). The van der Waals surface area contributed by atoms with E-state index in [0.717, 1.165) is 25.1 Å². The number of nitrogens with two attached hydrogens (primary N) is 1. The molecule has 5 nitrogen and oxygen atoms in total. The summed E-state index contributed by atoms with van der Waals surface area (Å²) in [6.45, 7) is 3.67. The molecule has 1 saturated heterocycles. The first kappa shape index (κ1) is 13.7. The second kappa shape index (κ2) is 5.48. The summed E-state index contributed by atoms with van der Waals surface area (Å²) in [7, 11) is 0. The SMILES string of the molecule is CC1CCN(C(=O)[C@@H](N)Cc2ccc(O)c(O)c2)C1. The van der Waals surface area contributed by atoms with Crippen LogP contribution in [0, 0.1) is 5.92 Å². The van der Waals surface area contributed by atoms with Gasteiger partial charge < -0.3 is 20.8 Å². The highest BCUT2D eigenvalue weighted by molar-refractivity contribution is 5.82. The molecule has 19 heavy (non-hydrogen) atoms. The molecule has 0 spiro atoms. The number of rotatable bonds is 3. The Morgan fingerprint density at radius 2 is 2.21 bits per heavy atom. The minimum absolute atomic E-state index is 0.0445. The van der Waals surface area contributed by atoms with Crippen LogP contribution in [0.1, 0.15) is 18.9 Å². The van der Waals surface area contributed by atoms with Gasteiger partial charge in [0.2, 0.25) is 5.91 Å². The molecule has 0 radical (unpaired) electrons. The Bertz CT molecular complexity index is 476. The summed E-state index contributed by atoms with van der Waals surface area (Å²) in [5.74, 6) is 0.134. The fourth-order valence-electron chi connectivity index (χ4n) is 2.41. The Hall–Kier alpha value is -1.75. The smallest absolute Gasteiger partial charge is 0.239 e. The van der Waals surface area contributed by atoms with Crippen LogP contribution in [0.3, 0.4) is 0 Å². The molecule has 1 unspecified atom stereocenters. The molecule has 104 valence electrons. The van der Waals surface area contributed by atoms with Crippen molar-refractivity contribution in [2.24, 2.45) is 11.7 Å². The fraction of sp³-hybridized carbons (Fsp3) is 0.500. The van der Waals surface area contributed by atoms with E-state index < -0.39 is 6.04 Å². The lowest BCUT2D eigenvalue weighted by Gasteiger charge is -2.20. The first-order valence-electron chi connectivity index (χ1n) is 6.52. The Labute approximate surface area is 112 Å². The molecule has 1 fully saturated rings. The van der Waals surface area contributed by atoms with Crippen LogP contribution in [-0.4, -0.2) is 40.2 Å². The molecule has 0 bridgehead atoms. The molecule has 0 saturated carbocycles. The van der Waals surface area contributed by atoms with Crippen LogP contribution in [0.15, 0.2) is 18.2 Å². The summed E-state index contributed by atoms with van der Waals surface area (Å²) in [4.78, 5) is 13.9. The van der Waals surface area contributed by atoms with E-state index in [9.17, 15) is 15.0 Å². The van der Waals surface area contributed by atoms with Gasteiger partial charge in [0.05, 0.1) is 6.04 Å². The Balaban J connectivity index is 1.98. The predicted molar refractivity (Wildman–Crippen MR) is 71.8 cm³/mol. The van der Waals surface area contributed by atoms with Crippen molar-refractivity contribution in [3.8, 4) is 11.5 Å². The van der Waals surface area contributed by atoms with Crippen LogP contribution < -0.4 is 5.73 Å². The van der Waals surface area contributed by atoms with Gasteiger partial charge >= 0.3 is 0 Å². The van der Waals surface area contributed by atoms with E-state index >= 15 is 0 Å². The van der Waals surface area contributed by atoms with Gasteiger partial charge in [-0.3, -0.25) is 4.79 Å². The van der Waals surface area contributed by atoms with Crippen molar-refractivity contribution in [2.75, 3.05) is 13.1 Å². The number of aromatic hydroxyl groups is 2. The third-order valence-electron chi connectivity index (χ3n) is 3.55. The van der Waals surface area contributed by atoms with Gasteiger partial charge in [-0.2, -0.15) is 0 Å². The highest BCUT2D eigenvalue weighted by atomic mass is 16.3. The van der Waals surface area contributed by atoms with Gasteiger partial charge in [0.25, 0.3) is 0 Å². The topological polar surface area (TPSA) is 86.8 Å². The molecule has 1 aliphatic rings. The lowest BCUT2D eigenvalue weighted by molar-refractivity contribution is -0.131. The Morgan fingerprint density at radius 1 is 1.47 bits per heavy atom. The maximum Gasteiger partial charge on any atom is 0.239 e. The number of carbonyl (C=O) groups is 1. The van der Waals surface area contributed by atoms with Crippen molar-refractivity contribution in [1.29, 1.82) is 0 Å². The first-order chi connectivity index (χ1) is 8.97. The lowest BCUT2D eigenvalue weighted by Crippen LogP contribution is -2.43. The van der Waals surface area contributed by atoms with Gasteiger partial charge in [-0.05, 0) is 36.5 Å². The minimum Gasteiger partial charge on any atom is -0.504 e. The largest absolute Gasteiger partial charge is 0.504 e. The molecular formula is C14H20N2O3. The van der Waals surface area contributed by atoms with E-state index in [-0.39, 0.29) is 17.4 Å². The van der Waals surface area contributed by atoms with Crippen molar-refractivity contribution in [2.45, 2.75) is 25.8 Å². The van der Waals surface area contributed by atoms with Crippen LogP contribution in [0.4, 0.5) is 0 Å². The third-order valence-corrected chi connectivity index (χ3v) is 3.55. The fourth-order valence-corrected chi connectivity index (χ4v) is 2.41. The number of phenols is 2. The zero-order valence-electron chi connectivity index (χ0n) is 11.0. The third kappa shape index (κ3) is 3.17. The molecule has 4 N–H and O–H groups in total. The number of benzene rings is 1. The van der Waals surface area contributed by atoms with E-state index in [4.69, 9.17) is 5.73 Å². The van der Waals surface area contributed by atoms with Crippen molar-refractivity contribution in [3.05, 3.63) is 23.8 Å². The average molecular weight is 264 g/mol. The second-order valence-electron chi connectivity index (χ2n) is 5.31. The molecule has 0 aliphatic carbocycles. The van der Waals surface area contributed by atoms with Crippen LogP contribution in [0.5, 0.6) is 11.5 Å². The molecule has 1 aliphatic heterocycles. The summed E-state index contributed by atoms with van der Waals surface area (Å²) < 4.78 is 0. The number of amides is 1. The van der Waals surface area contributed by atoms with E-state index in [1.165, 1.54) is 12.1 Å². The number of likely N-dealkylation sites (tertiary alicyclic amines) is 1. The first-order valence-corrected chi connectivity index (χ1v) is 6.52. The molecule has 0 aromatic heterocycles. The van der Waals surface area contributed by atoms with Crippen LogP contribution in [0.25, 0.3) is 0 Å². The molecular weight excluding hydrogens is 244 g/mol. The summed E-state index contributed by atoms with van der Waals surface area (Å²) in [6, 6.07) is 3.90. The minimum atomic E-state index is -0.603. The van der Waals surface area contributed by atoms with E-state index in [2.05, 4.69) is 6.92 Å². The number of nitrogens with zero attached hydrogens (tertiary/aromatic N) is 1. The van der Waals surface area contributed by atoms with Crippen LogP contribution in [-0.2, 0) is 11.2 Å². The maximum atomic E-state index is 12.1. The van der Waals surface area contributed by atoms with Crippen molar-refractivity contribution in [1.82, 2.24) is 4.90 Å². The summed E-state index contributed by atoms with van der Waals surface area (Å²) in [5, 5.41) is 18.6. The molecule has 2 atom stereocenters. The van der Waals surface area contributed by atoms with Gasteiger partial charge in [-0.1, -0.05) is 13.0 Å². The quantitative estimate of drug-likeness (QED) is 0.706. The zero-order valence-corrected chi connectivity index (χ0v) is 11.0. The van der Waals surface area contributed by atoms with Gasteiger partial charge in [-0.25, -0.2) is 0 Å². The van der Waals surface area contributed by atoms with E-state index in [1.54, 1.807) is 11.0 Å². The summed E-state index contributed by atoms with van der Waals surface area (Å²) in [6.07, 6.45) is 1.38. The number of phenolic OH excluding ortho intramolecular Hbond substituents is 2. The zero-order chi connectivity index (χ0) is 14.0. The van der Waals surface area contributed by atoms with Crippen molar-refractivity contribution < 1.29 is 15.0 Å². The summed E-state index contributed by atoms with van der Waals surface area (Å²) >= 11 is 0. The molecule has 1 heterocycles. The number of hydrogen-bond acceptors (Lipinski definition) is 4. The van der Waals surface area contributed by atoms with E-state index in [0.29, 0.717) is 12.3 Å². The highest BCUT2D eigenvalue weighted by Gasteiger charge is 2.27. The van der Waals surface area contributed by atoms with Crippen LogP contribution >= 0.6 is 0 Å². The van der Waals surface area contributed by atoms with Gasteiger partial charge in [0.15, 0.2) is 11.5 Å². The van der Waals surface area contributed by atoms with Crippen molar-refractivity contribution in [3.63, 3.8) is 0 Å². The predicted octanol–water partition coefficient (Wildman–Crippen LogP) is 0.836. The number of carbonyl (C=O) groups excluding carboxylic acids is 1. The van der Waals surface area contributed by atoms with E-state index in [1.807, 2.05) is 0 Å². The monoisotopic (exact) mass is 264 g/mol. The van der Waals surface area contributed by atoms with Crippen LogP contribution in [0.2, 0.25) is 0 Å².